The van der Waals surface area contributed by atoms with Crippen LogP contribution in [0.2, 0.25) is 0 Å². The van der Waals surface area contributed by atoms with Gasteiger partial charge in [-0.1, -0.05) is 26.7 Å². The van der Waals surface area contributed by atoms with E-state index in [1.165, 1.54) is 6.42 Å². The maximum Gasteiger partial charge on any atom is 0.223 e. The molecule has 0 bridgehead atoms. The second kappa shape index (κ2) is 6.23. The first kappa shape index (κ1) is 16.4. The van der Waals surface area contributed by atoms with Gasteiger partial charge >= 0.3 is 0 Å². The molecule has 1 rings (SSSR count). The Morgan fingerprint density at radius 1 is 1.42 bits per heavy atom. The molecule has 2 unspecified atom stereocenters. The summed E-state index contributed by atoms with van der Waals surface area (Å²) in [6.45, 7) is 6.97. The highest BCUT2D eigenvalue weighted by Crippen LogP contribution is 2.40. The second-order valence-corrected chi connectivity index (χ2v) is 7.24. The molecule has 0 radical (unpaired) electrons. The predicted molar refractivity (Wildman–Crippen MR) is 77.9 cm³/mol. The summed E-state index contributed by atoms with van der Waals surface area (Å²) >= 11 is 0. The van der Waals surface area contributed by atoms with E-state index >= 15 is 0 Å². The van der Waals surface area contributed by atoms with Gasteiger partial charge in [0.1, 0.15) is 0 Å². The van der Waals surface area contributed by atoms with Crippen molar-refractivity contribution in [3.63, 3.8) is 0 Å². The third kappa shape index (κ3) is 5.11. The van der Waals surface area contributed by atoms with Crippen molar-refractivity contribution >= 4 is 5.91 Å². The second-order valence-electron chi connectivity index (χ2n) is 7.24. The molecule has 112 valence electrons. The summed E-state index contributed by atoms with van der Waals surface area (Å²) < 4.78 is 0. The molecule has 2 atom stereocenters. The van der Waals surface area contributed by atoms with E-state index in [1.807, 2.05) is 19.0 Å². The maximum absolute atomic E-state index is 12.3. The predicted octanol–water partition coefficient (Wildman–Crippen LogP) is 1.63. The molecule has 1 aliphatic rings. The van der Waals surface area contributed by atoms with Gasteiger partial charge in [-0.2, -0.15) is 0 Å². The molecule has 0 aliphatic heterocycles. The third-order valence-corrected chi connectivity index (χ3v) is 4.12. The van der Waals surface area contributed by atoms with E-state index in [0.717, 1.165) is 19.3 Å². The Morgan fingerprint density at radius 3 is 2.58 bits per heavy atom. The van der Waals surface area contributed by atoms with Crippen LogP contribution in [0.3, 0.4) is 0 Å². The third-order valence-electron chi connectivity index (χ3n) is 4.12. The van der Waals surface area contributed by atoms with E-state index in [-0.39, 0.29) is 17.2 Å². The van der Waals surface area contributed by atoms with E-state index in [0.29, 0.717) is 13.1 Å². The van der Waals surface area contributed by atoms with Gasteiger partial charge in [0.05, 0.1) is 5.60 Å². The first-order valence-corrected chi connectivity index (χ1v) is 7.29. The first-order chi connectivity index (χ1) is 8.64. The van der Waals surface area contributed by atoms with Gasteiger partial charge in [0.2, 0.25) is 5.91 Å². The Morgan fingerprint density at radius 2 is 2.05 bits per heavy atom. The van der Waals surface area contributed by atoms with Gasteiger partial charge in [-0.15, -0.1) is 0 Å². The number of likely N-dealkylation sites (N-methyl/N-ethyl adjacent to an activating group) is 1. The van der Waals surface area contributed by atoms with E-state index in [9.17, 15) is 9.90 Å². The van der Waals surface area contributed by atoms with Gasteiger partial charge < -0.3 is 15.3 Å². The van der Waals surface area contributed by atoms with Gasteiger partial charge in [0.25, 0.3) is 0 Å². The van der Waals surface area contributed by atoms with Crippen LogP contribution in [-0.2, 0) is 4.79 Å². The quantitative estimate of drug-likeness (QED) is 0.798. The molecule has 0 aromatic carbocycles. The molecule has 1 amide bonds. The van der Waals surface area contributed by atoms with Crippen LogP contribution in [0.5, 0.6) is 0 Å². The van der Waals surface area contributed by atoms with Crippen LogP contribution < -0.4 is 5.32 Å². The fraction of sp³-hybridized carbons (Fsp3) is 0.933. The van der Waals surface area contributed by atoms with Crippen molar-refractivity contribution in [1.82, 2.24) is 10.2 Å². The topological polar surface area (TPSA) is 52.6 Å². The zero-order valence-electron chi connectivity index (χ0n) is 13.1. The number of amides is 1. The van der Waals surface area contributed by atoms with Crippen LogP contribution >= 0.6 is 0 Å². The van der Waals surface area contributed by atoms with E-state index in [4.69, 9.17) is 0 Å². The summed E-state index contributed by atoms with van der Waals surface area (Å²) in [5, 5.41) is 13.1. The Hall–Kier alpha value is -0.610. The molecule has 1 aliphatic carbocycles. The molecule has 0 spiro atoms. The Bertz CT molecular complexity index is 311. The summed E-state index contributed by atoms with van der Waals surface area (Å²) in [5.41, 5.74) is -0.798. The van der Waals surface area contributed by atoms with Gasteiger partial charge in [-0.3, -0.25) is 4.79 Å². The van der Waals surface area contributed by atoms with Crippen LogP contribution in [0, 0.1) is 11.3 Å². The Balaban J connectivity index is 2.50. The summed E-state index contributed by atoms with van der Waals surface area (Å²) in [6.07, 6.45) is 4.43. The molecule has 0 aromatic heterocycles. The average Bonchev–Trinajstić information content (AvgIpc) is 2.23. The van der Waals surface area contributed by atoms with Crippen molar-refractivity contribution in [2.45, 2.75) is 52.1 Å². The van der Waals surface area contributed by atoms with Crippen molar-refractivity contribution < 1.29 is 9.90 Å². The van der Waals surface area contributed by atoms with Crippen molar-refractivity contribution in [3.8, 4) is 0 Å². The SMILES string of the molecule is CN(C)CC(C)(O)CNC(=O)C1CCCCC1(C)C. The lowest BCUT2D eigenvalue weighted by Crippen LogP contribution is -2.50. The molecule has 19 heavy (non-hydrogen) atoms. The highest BCUT2D eigenvalue weighted by atomic mass is 16.3. The van der Waals surface area contributed by atoms with Crippen LogP contribution in [0.1, 0.15) is 46.5 Å². The lowest BCUT2D eigenvalue weighted by Gasteiger charge is -2.38. The van der Waals surface area contributed by atoms with Crippen molar-refractivity contribution in [2.24, 2.45) is 11.3 Å². The molecule has 1 saturated carbocycles. The summed E-state index contributed by atoms with van der Waals surface area (Å²) in [5.74, 6) is 0.181. The molecule has 0 saturated heterocycles. The number of carbonyl (C=O) groups is 1. The standard InChI is InChI=1S/C15H30N2O2/c1-14(2)9-7-6-8-12(14)13(18)16-10-15(3,19)11-17(4)5/h12,19H,6-11H2,1-5H3,(H,16,18). The number of nitrogens with one attached hydrogen (secondary N) is 1. The molecule has 1 fully saturated rings. The van der Waals surface area contributed by atoms with Crippen molar-refractivity contribution in [2.75, 3.05) is 27.2 Å². The Labute approximate surface area is 117 Å². The first-order valence-electron chi connectivity index (χ1n) is 7.29. The molecular formula is C15H30N2O2. The minimum atomic E-state index is -0.877. The summed E-state index contributed by atoms with van der Waals surface area (Å²) in [7, 11) is 3.83. The number of rotatable bonds is 5. The Kier molecular flexibility index (Phi) is 5.39. The molecule has 4 heteroatoms. The fourth-order valence-corrected chi connectivity index (χ4v) is 3.12. The highest BCUT2D eigenvalue weighted by molar-refractivity contribution is 5.79. The van der Waals surface area contributed by atoms with Crippen LogP contribution in [0.15, 0.2) is 0 Å². The minimum absolute atomic E-state index is 0.0791. The smallest absolute Gasteiger partial charge is 0.223 e. The number of hydrogen-bond donors (Lipinski definition) is 2. The fourth-order valence-electron chi connectivity index (χ4n) is 3.12. The molecule has 4 nitrogen and oxygen atoms in total. The van der Waals surface area contributed by atoms with Crippen molar-refractivity contribution in [1.29, 1.82) is 0 Å². The zero-order valence-corrected chi connectivity index (χ0v) is 13.1. The summed E-state index contributed by atoms with van der Waals surface area (Å²) in [6, 6.07) is 0. The number of hydrogen-bond acceptors (Lipinski definition) is 3. The van der Waals surface area contributed by atoms with Gasteiger partial charge in [-0.25, -0.2) is 0 Å². The van der Waals surface area contributed by atoms with Crippen LogP contribution in [-0.4, -0.2) is 48.7 Å². The van der Waals surface area contributed by atoms with Gasteiger partial charge in [0, 0.05) is 19.0 Å². The largest absolute Gasteiger partial charge is 0.387 e. The normalized spacial score (nSPS) is 25.9. The lowest BCUT2D eigenvalue weighted by molar-refractivity contribution is -0.131. The molecular weight excluding hydrogens is 240 g/mol. The molecule has 0 heterocycles. The summed E-state index contributed by atoms with van der Waals surface area (Å²) in [4.78, 5) is 14.2. The number of nitrogens with zero attached hydrogens (tertiary/aromatic N) is 1. The van der Waals surface area contributed by atoms with Crippen LogP contribution in [0.4, 0.5) is 0 Å². The zero-order chi connectivity index (χ0) is 14.7. The van der Waals surface area contributed by atoms with Crippen molar-refractivity contribution in [3.05, 3.63) is 0 Å². The molecule has 2 N–H and O–H groups in total. The maximum atomic E-state index is 12.3. The van der Waals surface area contributed by atoms with Gasteiger partial charge in [-0.05, 0) is 39.3 Å². The van der Waals surface area contributed by atoms with E-state index in [1.54, 1.807) is 6.92 Å². The average molecular weight is 270 g/mol. The molecule has 0 aromatic rings. The minimum Gasteiger partial charge on any atom is -0.387 e. The van der Waals surface area contributed by atoms with Crippen LogP contribution in [0.25, 0.3) is 0 Å². The highest BCUT2D eigenvalue weighted by Gasteiger charge is 2.37. The van der Waals surface area contributed by atoms with Gasteiger partial charge in [0.15, 0.2) is 0 Å². The number of carbonyl (C=O) groups excluding carboxylic acids is 1. The van der Waals surface area contributed by atoms with E-state index < -0.39 is 5.60 Å². The monoisotopic (exact) mass is 270 g/mol. The number of aliphatic hydroxyl groups is 1. The lowest BCUT2D eigenvalue weighted by atomic mass is 9.68. The van der Waals surface area contributed by atoms with E-state index in [2.05, 4.69) is 19.2 Å².